The molecule has 0 unspecified atom stereocenters. The number of nitrogens with one attached hydrogen (secondary N) is 1. The molecular formula is C21H17BrCl2N2O3S. The summed E-state index contributed by atoms with van der Waals surface area (Å²) in [6.07, 6.45) is 0. The Labute approximate surface area is 193 Å². The van der Waals surface area contributed by atoms with Crippen LogP contribution >= 0.6 is 39.1 Å². The molecule has 0 fully saturated rings. The molecule has 0 saturated carbocycles. The highest BCUT2D eigenvalue weighted by Gasteiger charge is 2.27. The first-order valence-corrected chi connectivity index (χ1v) is 11.8. The number of carbonyl (C=O) groups excluding carboxylic acids is 1. The van der Waals surface area contributed by atoms with E-state index >= 15 is 0 Å². The largest absolute Gasteiger partial charge is 0.325 e. The molecule has 0 aromatic heterocycles. The minimum Gasteiger partial charge on any atom is -0.325 e. The van der Waals surface area contributed by atoms with Gasteiger partial charge in [-0.25, -0.2) is 8.42 Å². The average molecular weight is 528 g/mol. The summed E-state index contributed by atoms with van der Waals surface area (Å²) in [6, 6.07) is 19.7. The Morgan fingerprint density at radius 2 is 1.57 bits per heavy atom. The third-order valence-electron chi connectivity index (χ3n) is 4.20. The lowest BCUT2D eigenvalue weighted by molar-refractivity contribution is -0.116. The molecule has 3 aromatic carbocycles. The van der Waals surface area contributed by atoms with Crippen molar-refractivity contribution in [2.24, 2.45) is 0 Å². The van der Waals surface area contributed by atoms with Crippen LogP contribution < -0.4 is 5.32 Å². The highest BCUT2D eigenvalue weighted by atomic mass is 79.9. The van der Waals surface area contributed by atoms with E-state index in [-0.39, 0.29) is 18.0 Å². The predicted octanol–water partition coefficient (Wildman–Crippen LogP) is 5.59. The van der Waals surface area contributed by atoms with Gasteiger partial charge in [0.25, 0.3) is 0 Å². The van der Waals surface area contributed by atoms with E-state index in [4.69, 9.17) is 23.2 Å². The zero-order chi connectivity index (χ0) is 21.7. The van der Waals surface area contributed by atoms with E-state index in [9.17, 15) is 13.2 Å². The second-order valence-electron chi connectivity index (χ2n) is 6.37. The first-order valence-electron chi connectivity index (χ1n) is 8.80. The van der Waals surface area contributed by atoms with Crippen molar-refractivity contribution in [1.82, 2.24) is 4.31 Å². The van der Waals surface area contributed by atoms with Gasteiger partial charge in [-0.05, 0) is 60.2 Å². The van der Waals surface area contributed by atoms with Crippen molar-refractivity contribution >= 4 is 60.7 Å². The van der Waals surface area contributed by atoms with Crippen LogP contribution in [0.2, 0.25) is 10.0 Å². The number of amides is 1. The van der Waals surface area contributed by atoms with Gasteiger partial charge in [-0.3, -0.25) is 4.79 Å². The van der Waals surface area contributed by atoms with Crippen LogP contribution in [0.25, 0.3) is 0 Å². The van der Waals surface area contributed by atoms with Crippen molar-refractivity contribution in [3.8, 4) is 0 Å². The average Bonchev–Trinajstić information content (AvgIpc) is 2.71. The summed E-state index contributed by atoms with van der Waals surface area (Å²) in [5.41, 5.74) is 1.11. The predicted molar refractivity (Wildman–Crippen MR) is 123 cm³/mol. The Bertz CT molecular complexity index is 1140. The SMILES string of the molecule is O=C(CN(Cc1ccccc1Cl)S(=O)(=O)c1ccc(Br)cc1)Nc1ccc(Cl)cc1. The van der Waals surface area contributed by atoms with Crippen LogP contribution in [-0.2, 0) is 21.4 Å². The van der Waals surface area contributed by atoms with E-state index in [0.29, 0.717) is 21.3 Å². The van der Waals surface area contributed by atoms with Gasteiger partial charge in [-0.2, -0.15) is 4.31 Å². The monoisotopic (exact) mass is 526 g/mol. The molecule has 9 heteroatoms. The van der Waals surface area contributed by atoms with Crippen molar-refractivity contribution in [3.05, 3.63) is 92.9 Å². The maximum absolute atomic E-state index is 13.3. The quantitative estimate of drug-likeness (QED) is 0.435. The van der Waals surface area contributed by atoms with Gasteiger partial charge in [0.2, 0.25) is 15.9 Å². The molecule has 0 spiro atoms. The second-order valence-corrected chi connectivity index (χ2v) is 10.1. The number of carbonyl (C=O) groups is 1. The van der Waals surface area contributed by atoms with Crippen LogP contribution in [0, 0.1) is 0 Å². The Balaban J connectivity index is 1.88. The van der Waals surface area contributed by atoms with Crippen molar-refractivity contribution in [1.29, 1.82) is 0 Å². The van der Waals surface area contributed by atoms with Gasteiger partial charge in [-0.15, -0.1) is 0 Å². The summed E-state index contributed by atoms with van der Waals surface area (Å²) < 4.78 is 28.4. The summed E-state index contributed by atoms with van der Waals surface area (Å²) in [5.74, 6) is -0.481. The van der Waals surface area contributed by atoms with E-state index in [0.717, 1.165) is 8.78 Å². The lowest BCUT2D eigenvalue weighted by Gasteiger charge is -2.22. The van der Waals surface area contributed by atoms with Crippen LogP contribution in [0.5, 0.6) is 0 Å². The molecule has 5 nitrogen and oxygen atoms in total. The number of halogens is 3. The van der Waals surface area contributed by atoms with E-state index in [1.807, 2.05) is 0 Å². The number of sulfonamides is 1. The topological polar surface area (TPSA) is 66.5 Å². The number of nitrogens with zero attached hydrogens (tertiary/aromatic N) is 1. The molecule has 1 amide bonds. The van der Waals surface area contributed by atoms with Gasteiger partial charge in [0.05, 0.1) is 11.4 Å². The van der Waals surface area contributed by atoms with Gasteiger partial charge in [-0.1, -0.05) is 57.3 Å². The first kappa shape index (κ1) is 22.8. The molecule has 3 rings (SSSR count). The van der Waals surface area contributed by atoms with Crippen LogP contribution in [0.4, 0.5) is 5.69 Å². The van der Waals surface area contributed by atoms with Gasteiger partial charge in [0.15, 0.2) is 0 Å². The molecule has 0 aliphatic carbocycles. The van der Waals surface area contributed by atoms with Gasteiger partial charge in [0, 0.05) is 26.8 Å². The van der Waals surface area contributed by atoms with Crippen molar-refractivity contribution in [2.45, 2.75) is 11.4 Å². The summed E-state index contributed by atoms with van der Waals surface area (Å²) >= 11 is 15.4. The Morgan fingerprint density at radius 3 is 2.20 bits per heavy atom. The smallest absolute Gasteiger partial charge is 0.243 e. The van der Waals surface area contributed by atoms with Gasteiger partial charge in [0.1, 0.15) is 0 Å². The summed E-state index contributed by atoms with van der Waals surface area (Å²) in [4.78, 5) is 12.7. The normalized spacial score (nSPS) is 11.5. The molecule has 3 aromatic rings. The van der Waals surface area contributed by atoms with E-state index in [1.54, 1.807) is 60.7 Å². The second kappa shape index (κ2) is 9.94. The fourth-order valence-electron chi connectivity index (χ4n) is 2.69. The fourth-order valence-corrected chi connectivity index (χ4v) is 4.65. The molecule has 30 heavy (non-hydrogen) atoms. The standard InChI is InChI=1S/C21H17BrCl2N2O3S/c22-16-5-11-19(12-6-16)30(28,29)26(13-15-3-1-2-4-20(15)24)14-21(27)25-18-9-7-17(23)8-10-18/h1-12H,13-14H2,(H,25,27). The summed E-state index contributed by atoms with van der Waals surface area (Å²) in [7, 11) is -3.95. The lowest BCUT2D eigenvalue weighted by Crippen LogP contribution is -2.37. The lowest BCUT2D eigenvalue weighted by atomic mass is 10.2. The number of benzene rings is 3. The van der Waals surface area contributed by atoms with Crippen molar-refractivity contribution < 1.29 is 13.2 Å². The first-order chi connectivity index (χ1) is 14.3. The molecule has 156 valence electrons. The van der Waals surface area contributed by atoms with Crippen LogP contribution in [0.15, 0.2) is 82.2 Å². The Morgan fingerprint density at radius 1 is 0.933 bits per heavy atom. The molecule has 0 atom stereocenters. The zero-order valence-electron chi connectivity index (χ0n) is 15.6. The number of anilines is 1. The maximum Gasteiger partial charge on any atom is 0.243 e. The molecule has 0 radical (unpaired) electrons. The van der Waals surface area contributed by atoms with Crippen molar-refractivity contribution in [2.75, 3.05) is 11.9 Å². The van der Waals surface area contributed by atoms with Crippen LogP contribution in [-0.4, -0.2) is 25.2 Å². The zero-order valence-corrected chi connectivity index (χ0v) is 19.5. The minimum absolute atomic E-state index is 0.0495. The third-order valence-corrected chi connectivity index (χ3v) is 7.16. The summed E-state index contributed by atoms with van der Waals surface area (Å²) in [6.45, 7) is -0.432. The van der Waals surface area contributed by atoms with E-state index in [1.165, 1.54) is 12.1 Å². The Hall–Kier alpha value is -1.90. The molecule has 0 aliphatic heterocycles. The van der Waals surface area contributed by atoms with Gasteiger partial charge < -0.3 is 5.32 Å². The highest BCUT2D eigenvalue weighted by Crippen LogP contribution is 2.24. The van der Waals surface area contributed by atoms with E-state index in [2.05, 4.69) is 21.2 Å². The molecule has 0 aliphatic rings. The highest BCUT2D eigenvalue weighted by molar-refractivity contribution is 9.10. The molecule has 1 N–H and O–H groups in total. The maximum atomic E-state index is 13.3. The number of hydrogen-bond donors (Lipinski definition) is 1. The number of rotatable bonds is 7. The van der Waals surface area contributed by atoms with Crippen molar-refractivity contribution in [3.63, 3.8) is 0 Å². The van der Waals surface area contributed by atoms with Gasteiger partial charge >= 0.3 is 0 Å². The van der Waals surface area contributed by atoms with Crippen LogP contribution in [0.3, 0.4) is 0 Å². The third kappa shape index (κ3) is 5.83. The number of hydrogen-bond acceptors (Lipinski definition) is 3. The van der Waals surface area contributed by atoms with E-state index < -0.39 is 15.9 Å². The molecular weight excluding hydrogens is 511 g/mol. The fraction of sp³-hybridized carbons (Fsp3) is 0.0952. The molecule has 0 heterocycles. The molecule has 0 saturated heterocycles. The Kier molecular flexibility index (Phi) is 7.55. The minimum atomic E-state index is -3.95. The molecule has 0 bridgehead atoms. The summed E-state index contributed by atoms with van der Waals surface area (Å²) in [5, 5.41) is 3.64. The van der Waals surface area contributed by atoms with Crippen LogP contribution in [0.1, 0.15) is 5.56 Å².